The van der Waals surface area contributed by atoms with Gasteiger partial charge >= 0.3 is 5.97 Å². The number of fused-ring (bicyclic) bond motifs is 2. The predicted octanol–water partition coefficient (Wildman–Crippen LogP) is 4.95. The van der Waals surface area contributed by atoms with E-state index in [0.29, 0.717) is 33.5 Å². The van der Waals surface area contributed by atoms with E-state index in [1.807, 2.05) is 13.8 Å². The van der Waals surface area contributed by atoms with Crippen molar-refractivity contribution in [3.8, 4) is 5.75 Å². The third-order valence-corrected chi connectivity index (χ3v) is 6.47. The van der Waals surface area contributed by atoms with Crippen LogP contribution in [0.3, 0.4) is 0 Å². The minimum absolute atomic E-state index is 0.00983. The number of methoxy groups -OCH3 is 2. The minimum Gasteiger partial charge on any atom is -0.497 e. The molecule has 0 radical (unpaired) electrons. The van der Waals surface area contributed by atoms with Crippen molar-refractivity contribution in [2.75, 3.05) is 19.1 Å². The molecule has 0 saturated carbocycles. The fourth-order valence-corrected chi connectivity index (χ4v) is 4.49. The van der Waals surface area contributed by atoms with Crippen LogP contribution in [-0.4, -0.2) is 26.1 Å². The Morgan fingerprint density at radius 1 is 0.943 bits per heavy atom. The Morgan fingerprint density at radius 2 is 1.66 bits per heavy atom. The first kappa shape index (κ1) is 22.4. The number of amides is 1. The smallest absolute Gasteiger partial charge is 0.337 e. The molecule has 0 saturated heterocycles. The van der Waals surface area contributed by atoms with Gasteiger partial charge in [0, 0.05) is 11.8 Å². The van der Waals surface area contributed by atoms with Crippen LogP contribution >= 0.6 is 0 Å². The van der Waals surface area contributed by atoms with Gasteiger partial charge in [-0.05, 0) is 66.9 Å². The molecule has 0 spiro atoms. The highest BCUT2D eigenvalue weighted by molar-refractivity contribution is 6.10. The number of esters is 1. The third-order valence-electron chi connectivity index (χ3n) is 6.47. The molecular formula is C28H23NO6. The molecule has 35 heavy (non-hydrogen) atoms. The number of benzene rings is 3. The molecule has 5 rings (SSSR count). The summed E-state index contributed by atoms with van der Waals surface area (Å²) in [5, 5.41) is 0.420. The molecule has 0 bridgehead atoms. The van der Waals surface area contributed by atoms with E-state index in [-0.39, 0.29) is 16.8 Å². The first-order chi connectivity index (χ1) is 16.8. The van der Waals surface area contributed by atoms with Gasteiger partial charge in [-0.25, -0.2) is 4.79 Å². The molecule has 1 unspecified atom stereocenters. The zero-order valence-corrected chi connectivity index (χ0v) is 19.7. The van der Waals surface area contributed by atoms with Crippen LogP contribution in [0.5, 0.6) is 5.75 Å². The summed E-state index contributed by atoms with van der Waals surface area (Å²) in [5.41, 5.74) is 3.87. The van der Waals surface area contributed by atoms with E-state index in [1.165, 1.54) is 12.0 Å². The lowest BCUT2D eigenvalue weighted by Crippen LogP contribution is -2.29. The lowest BCUT2D eigenvalue weighted by Gasteiger charge is -2.25. The predicted molar refractivity (Wildman–Crippen MR) is 131 cm³/mol. The topological polar surface area (TPSA) is 86.0 Å². The van der Waals surface area contributed by atoms with Gasteiger partial charge in [-0.3, -0.25) is 14.5 Å². The second-order valence-electron chi connectivity index (χ2n) is 8.50. The molecule has 1 amide bonds. The number of nitrogens with zero attached hydrogens (tertiary/aromatic N) is 1. The maximum Gasteiger partial charge on any atom is 0.337 e. The molecule has 4 aromatic rings. The standard InChI is InChI=1S/C28H23NO6/c1-15-12-21-22(13-16(15)2)35-26-23(25(21)30)24(17-8-10-18(11-9-17)28(32)34-4)29(27(26)31)19-6-5-7-20(14-19)33-3/h5-14,24H,1-4H3. The van der Waals surface area contributed by atoms with E-state index in [1.54, 1.807) is 67.8 Å². The summed E-state index contributed by atoms with van der Waals surface area (Å²) < 4.78 is 16.2. The van der Waals surface area contributed by atoms with Crippen molar-refractivity contribution >= 4 is 28.5 Å². The van der Waals surface area contributed by atoms with Gasteiger partial charge in [0.05, 0.1) is 36.8 Å². The van der Waals surface area contributed by atoms with Crippen molar-refractivity contribution in [2.45, 2.75) is 19.9 Å². The summed E-state index contributed by atoms with van der Waals surface area (Å²) in [6.07, 6.45) is 0. The number of rotatable bonds is 4. The quantitative estimate of drug-likeness (QED) is 0.393. The fraction of sp³-hybridized carbons (Fsp3) is 0.179. The van der Waals surface area contributed by atoms with Crippen LogP contribution in [0, 0.1) is 13.8 Å². The second kappa shape index (κ2) is 8.43. The average Bonchev–Trinajstić information content (AvgIpc) is 3.17. The summed E-state index contributed by atoms with van der Waals surface area (Å²) in [4.78, 5) is 41.0. The van der Waals surface area contributed by atoms with Gasteiger partial charge in [0.15, 0.2) is 5.43 Å². The van der Waals surface area contributed by atoms with E-state index in [4.69, 9.17) is 13.9 Å². The minimum atomic E-state index is -0.751. The molecule has 0 fully saturated rings. The van der Waals surface area contributed by atoms with Gasteiger partial charge in [-0.15, -0.1) is 0 Å². The van der Waals surface area contributed by atoms with E-state index in [2.05, 4.69) is 0 Å². The van der Waals surface area contributed by atoms with Crippen molar-refractivity contribution < 1.29 is 23.5 Å². The maximum absolute atomic E-state index is 13.8. The molecule has 7 heteroatoms. The van der Waals surface area contributed by atoms with Crippen LogP contribution in [-0.2, 0) is 4.74 Å². The van der Waals surface area contributed by atoms with E-state index in [0.717, 1.165) is 11.1 Å². The number of carbonyl (C=O) groups excluding carboxylic acids is 2. The molecule has 3 aromatic carbocycles. The van der Waals surface area contributed by atoms with Gasteiger partial charge < -0.3 is 13.9 Å². The fourth-order valence-electron chi connectivity index (χ4n) is 4.49. The Labute approximate surface area is 201 Å². The highest BCUT2D eigenvalue weighted by atomic mass is 16.5. The Kier molecular flexibility index (Phi) is 5.40. The highest BCUT2D eigenvalue weighted by Crippen LogP contribution is 2.42. The number of carbonyl (C=O) groups is 2. The number of hydrogen-bond acceptors (Lipinski definition) is 6. The van der Waals surface area contributed by atoms with Crippen molar-refractivity contribution in [2.24, 2.45) is 0 Å². The second-order valence-corrected chi connectivity index (χ2v) is 8.50. The summed E-state index contributed by atoms with van der Waals surface area (Å²) >= 11 is 0. The third kappa shape index (κ3) is 3.56. The van der Waals surface area contributed by atoms with Gasteiger partial charge in [-0.2, -0.15) is 0 Å². The number of aryl methyl sites for hydroxylation is 2. The van der Waals surface area contributed by atoms with Crippen LogP contribution in [0.15, 0.2) is 69.9 Å². The van der Waals surface area contributed by atoms with Crippen molar-refractivity contribution in [3.63, 3.8) is 0 Å². The zero-order valence-electron chi connectivity index (χ0n) is 19.7. The van der Waals surface area contributed by atoms with Crippen molar-refractivity contribution in [3.05, 3.63) is 104 Å². The summed E-state index contributed by atoms with van der Waals surface area (Å²) in [6, 6.07) is 16.6. The van der Waals surface area contributed by atoms with E-state index >= 15 is 0 Å². The molecule has 1 aliphatic rings. The summed E-state index contributed by atoms with van der Waals surface area (Å²) in [5.74, 6) is -0.315. The maximum atomic E-state index is 13.8. The monoisotopic (exact) mass is 469 g/mol. The van der Waals surface area contributed by atoms with Gasteiger partial charge in [0.2, 0.25) is 5.76 Å². The SMILES string of the molecule is COC(=O)c1ccc(C2c3c(oc4cc(C)c(C)cc4c3=O)C(=O)N2c2cccc(OC)c2)cc1. The average molecular weight is 469 g/mol. The molecule has 0 aliphatic carbocycles. The van der Waals surface area contributed by atoms with Gasteiger partial charge in [-0.1, -0.05) is 18.2 Å². The van der Waals surface area contributed by atoms with E-state index < -0.39 is 17.9 Å². The Hall–Kier alpha value is -4.39. The van der Waals surface area contributed by atoms with Crippen LogP contribution in [0.4, 0.5) is 5.69 Å². The molecule has 1 aliphatic heterocycles. The molecule has 1 atom stereocenters. The Balaban J connectivity index is 1.77. The highest BCUT2D eigenvalue weighted by Gasteiger charge is 2.43. The van der Waals surface area contributed by atoms with Crippen LogP contribution < -0.4 is 15.1 Å². The van der Waals surface area contributed by atoms with Crippen molar-refractivity contribution in [1.29, 1.82) is 0 Å². The largest absolute Gasteiger partial charge is 0.497 e. The molecule has 7 nitrogen and oxygen atoms in total. The van der Waals surface area contributed by atoms with Crippen molar-refractivity contribution in [1.82, 2.24) is 0 Å². The summed E-state index contributed by atoms with van der Waals surface area (Å²) in [6.45, 7) is 3.86. The van der Waals surface area contributed by atoms with Crippen LogP contribution in [0.25, 0.3) is 11.0 Å². The summed E-state index contributed by atoms with van der Waals surface area (Å²) in [7, 11) is 2.86. The first-order valence-corrected chi connectivity index (χ1v) is 11.1. The molecule has 0 N–H and O–H groups in total. The van der Waals surface area contributed by atoms with Gasteiger partial charge in [0.1, 0.15) is 11.3 Å². The number of ether oxygens (including phenoxy) is 2. The Morgan fingerprint density at radius 3 is 2.34 bits per heavy atom. The normalized spacial score (nSPS) is 14.8. The number of hydrogen-bond donors (Lipinski definition) is 0. The molecule has 176 valence electrons. The lowest BCUT2D eigenvalue weighted by molar-refractivity contribution is 0.0600. The molecular weight excluding hydrogens is 446 g/mol. The van der Waals surface area contributed by atoms with Crippen LogP contribution in [0.2, 0.25) is 0 Å². The number of anilines is 1. The lowest BCUT2D eigenvalue weighted by atomic mass is 9.96. The van der Waals surface area contributed by atoms with E-state index in [9.17, 15) is 14.4 Å². The molecule has 1 aromatic heterocycles. The zero-order chi connectivity index (χ0) is 24.9. The van der Waals surface area contributed by atoms with Gasteiger partial charge in [0.25, 0.3) is 5.91 Å². The Bertz CT molecular complexity index is 1550. The molecule has 2 heterocycles. The van der Waals surface area contributed by atoms with Crippen LogP contribution in [0.1, 0.15) is 49.2 Å². The first-order valence-electron chi connectivity index (χ1n) is 11.1.